The number of hydrogen-bond donors (Lipinski definition) is 2. The number of carbonyl (C=O) groups excluding carboxylic acids is 1. The first kappa shape index (κ1) is 12.4. The summed E-state index contributed by atoms with van der Waals surface area (Å²) in [5, 5.41) is 2.78. The zero-order valence-corrected chi connectivity index (χ0v) is 10.7. The number of carbonyl (C=O) groups is 1. The van der Waals surface area contributed by atoms with E-state index in [0.29, 0.717) is 11.3 Å². The van der Waals surface area contributed by atoms with Gasteiger partial charge in [0.2, 0.25) is 0 Å². The fraction of sp³-hybridized carbons (Fsp3) is 0.0769. The largest absolute Gasteiger partial charge is 0.398 e. The van der Waals surface area contributed by atoms with Crippen molar-refractivity contribution in [2.75, 3.05) is 17.3 Å². The van der Waals surface area contributed by atoms with Gasteiger partial charge in [-0.15, -0.1) is 11.8 Å². The van der Waals surface area contributed by atoms with Crippen molar-refractivity contribution < 1.29 is 4.79 Å². The smallest absolute Gasteiger partial charge is 0.259 e. The summed E-state index contributed by atoms with van der Waals surface area (Å²) in [7, 11) is 0. The Bertz CT molecular complexity index is 554. The molecule has 2 aromatic rings. The number of thioether (sulfide) groups is 1. The number of nitrogens with zero attached hydrogens (tertiary/aromatic N) is 1. The van der Waals surface area contributed by atoms with Gasteiger partial charge in [0.05, 0.1) is 5.56 Å². The second-order valence-electron chi connectivity index (χ2n) is 3.65. The number of aromatic nitrogens is 1. The van der Waals surface area contributed by atoms with E-state index >= 15 is 0 Å². The highest BCUT2D eigenvalue weighted by atomic mass is 32.2. The summed E-state index contributed by atoms with van der Waals surface area (Å²) in [5.41, 5.74) is 7.25. The van der Waals surface area contributed by atoms with E-state index in [2.05, 4.69) is 10.3 Å². The molecule has 4 nitrogen and oxygen atoms in total. The molecule has 0 bridgehead atoms. The topological polar surface area (TPSA) is 68.0 Å². The van der Waals surface area contributed by atoms with E-state index in [4.69, 9.17) is 5.73 Å². The molecule has 0 saturated heterocycles. The number of nitrogen functional groups attached to an aromatic ring is 1. The predicted molar refractivity (Wildman–Crippen MR) is 74.8 cm³/mol. The third-order valence-electron chi connectivity index (χ3n) is 2.45. The number of anilines is 2. The van der Waals surface area contributed by atoms with E-state index in [1.807, 2.05) is 30.5 Å². The Morgan fingerprint density at radius 2 is 2.00 bits per heavy atom. The first-order chi connectivity index (χ1) is 8.70. The van der Waals surface area contributed by atoms with Crippen LogP contribution in [0, 0.1) is 0 Å². The van der Waals surface area contributed by atoms with Gasteiger partial charge in [-0.25, -0.2) is 0 Å². The SMILES string of the molecule is CSc1ccc(NC(=O)c2cnccc2N)cc1. The van der Waals surface area contributed by atoms with E-state index in [1.54, 1.807) is 24.0 Å². The summed E-state index contributed by atoms with van der Waals surface area (Å²) in [6.45, 7) is 0. The van der Waals surface area contributed by atoms with Crippen LogP contribution < -0.4 is 11.1 Å². The van der Waals surface area contributed by atoms with Crippen LogP contribution in [0.25, 0.3) is 0 Å². The minimum atomic E-state index is -0.252. The maximum Gasteiger partial charge on any atom is 0.259 e. The Kier molecular flexibility index (Phi) is 3.84. The van der Waals surface area contributed by atoms with Gasteiger partial charge in [0.1, 0.15) is 0 Å². The second kappa shape index (κ2) is 5.55. The van der Waals surface area contributed by atoms with Gasteiger partial charge in [-0.05, 0) is 36.6 Å². The Labute approximate surface area is 110 Å². The number of nitrogens with two attached hydrogens (primary N) is 1. The minimum absolute atomic E-state index is 0.252. The molecule has 1 aromatic heterocycles. The van der Waals surface area contributed by atoms with Crippen molar-refractivity contribution in [2.24, 2.45) is 0 Å². The van der Waals surface area contributed by atoms with Gasteiger partial charge in [0, 0.05) is 28.7 Å². The zero-order chi connectivity index (χ0) is 13.0. The van der Waals surface area contributed by atoms with Gasteiger partial charge in [-0.2, -0.15) is 0 Å². The molecule has 0 spiro atoms. The van der Waals surface area contributed by atoms with Crippen molar-refractivity contribution in [3.05, 3.63) is 48.3 Å². The van der Waals surface area contributed by atoms with E-state index in [-0.39, 0.29) is 5.91 Å². The Morgan fingerprint density at radius 3 is 2.61 bits per heavy atom. The lowest BCUT2D eigenvalue weighted by atomic mass is 10.2. The average Bonchev–Trinajstić information content (AvgIpc) is 2.40. The molecule has 0 aliphatic heterocycles. The van der Waals surface area contributed by atoms with Gasteiger partial charge in [-0.3, -0.25) is 9.78 Å². The lowest BCUT2D eigenvalue weighted by molar-refractivity contribution is 0.102. The van der Waals surface area contributed by atoms with Gasteiger partial charge < -0.3 is 11.1 Å². The van der Waals surface area contributed by atoms with Crippen LogP contribution in [-0.2, 0) is 0 Å². The Hall–Kier alpha value is -2.01. The van der Waals surface area contributed by atoms with Crippen molar-refractivity contribution in [1.82, 2.24) is 4.98 Å². The van der Waals surface area contributed by atoms with Gasteiger partial charge in [-0.1, -0.05) is 0 Å². The Morgan fingerprint density at radius 1 is 1.28 bits per heavy atom. The summed E-state index contributed by atoms with van der Waals surface area (Å²) in [4.78, 5) is 17.0. The summed E-state index contributed by atoms with van der Waals surface area (Å²) >= 11 is 1.65. The number of hydrogen-bond acceptors (Lipinski definition) is 4. The highest BCUT2D eigenvalue weighted by Gasteiger charge is 2.09. The molecule has 0 atom stereocenters. The highest BCUT2D eigenvalue weighted by Crippen LogP contribution is 2.18. The maximum absolute atomic E-state index is 12.0. The molecule has 0 radical (unpaired) electrons. The molecule has 0 saturated carbocycles. The van der Waals surface area contributed by atoms with Crippen LogP contribution in [0.15, 0.2) is 47.6 Å². The third-order valence-corrected chi connectivity index (χ3v) is 3.19. The molecule has 2 rings (SSSR count). The summed E-state index contributed by atoms with van der Waals surface area (Å²) in [5.74, 6) is -0.252. The molecule has 0 aliphatic rings. The molecule has 3 N–H and O–H groups in total. The standard InChI is InChI=1S/C13H13N3OS/c1-18-10-4-2-9(3-5-10)16-13(17)11-8-15-7-6-12(11)14/h2-8H,1H3,(H2,14,15)(H,16,17). The summed E-state index contributed by atoms with van der Waals surface area (Å²) in [6, 6.07) is 9.22. The van der Waals surface area contributed by atoms with Crippen LogP contribution in [0.2, 0.25) is 0 Å². The highest BCUT2D eigenvalue weighted by molar-refractivity contribution is 7.98. The van der Waals surface area contributed by atoms with Crippen LogP contribution in [0.5, 0.6) is 0 Å². The molecular weight excluding hydrogens is 246 g/mol. The van der Waals surface area contributed by atoms with Crippen LogP contribution in [0.3, 0.4) is 0 Å². The van der Waals surface area contributed by atoms with Gasteiger partial charge >= 0.3 is 0 Å². The number of rotatable bonds is 3. The van der Waals surface area contributed by atoms with Crippen molar-refractivity contribution in [3.63, 3.8) is 0 Å². The van der Waals surface area contributed by atoms with Crippen LogP contribution in [0.1, 0.15) is 10.4 Å². The number of pyridine rings is 1. The molecule has 5 heteroatoms. The van der Waals surface area contributed by atoms with Crippen molar-refractivity contribution >= 4 is 29.0 Å². The molecule has 1 amide bonds. The van der Waals surface area contributed by atoms with Crippen molar-refractivity contribution in [3.8, 4) is 0 Å². The molecule has 1 aromatic carbocycles. The maximum atomic E-state index is 12.0. The first-order valence-corrected chi connectivity index (χ1v) is 6.58. The first-order valence-electron chi connectivity index (χ1n) is 5.35. The predicted octanol–water partition coefficient (Wildman–Crippen LogP) is 2.64. The van der Waals surface area contributed by atoms with E-state index in [0.717, 1.165) is 10.6 Å². The van der Waals surface area contributed by atoms with E-state index in [1.165, 1.54) is 6.20 Å². The van der Waals surface area contributed by atoms with E-state index in [9.17, 15) is 4.79 Å². The lowest BCUT2D eigenvalue weighted by Crippen LogP contribution is -2.14. The number of benzene rings is 1. The summed E-state index contributed by atoms with van der Waals surface area (Å²) < 4.78 is 0. The molecule has 18 heavy (non-hydrogen) atoms. The molecule has 92 valence electrons. The van der Waals surface area contributed by atoms with Crippen molar-refractivity contribution in [1.29, 1.82) is 0 Å². The fourth-order valence-corrected chi connectivity index (χ4v) is 1.88. The van der Waals surface area contributed by atoms with Gasteiger partial charge in [0.25, 0.3) is 5.91 Å². The van der Waals surface area contributed by atoms with Crippen LogP contribution in [0.4, 0.5) is 11.4 Å². The second-order valence-corrected chi connectivity index (χ2v) is 4.53. The average molecular weight is 259 g/mol. The zero-order valence-electron chi connectivity index (χ0n) is 9.88. The number of amides is 1. The molecule has 0 unspecified atom stereocenters. The van der Waals surface area contributed by atoms with Crippen molar-refractivity contribution in [2.45, 2.75) is 4.90 Å². The van der Waals surface area contributed by atoms with Gasteiger partial charge in [0.15, 0.2) is 0 Å². The molecular formula is C13H13N3OS. The third kappa shape index (κ3) is 2.81. The monoisotopic (exact) mass is 259 g/mol. The summed E-state index contributed by atoms with van der Waals surface area (Å²) in [6.07, 6.45) is 5.02. The normalized spacial score (nSPS) is 10.1. The quantitative estimate of drug-likeness (QED) is 0.831. The number of nitrogens with one attached hydrogen (secondary N) is 1. The fourth-order valence-electron chi connectivity index (χ4n) is 1.47. The molecule has 0 aliphatic carbocycles. The van der Waals surface area contributed by atoms with Crippen LogP contribution >= 0.6 is 11.8 Å². The lowest BCUT2D eigenvalue weighted by Gasteiger charge is -2.07. The Balaban J connectivity index is 2.14. The minimum Gasteiger partial charge on any atom is -0.398 e. The van der Waals surface area contributed by atoms with E-state index < -0.39 is 0 Å². The van der Waals surface area contributed by atoms with Crippen LogP contribution in [-0.4, -0.2) is 17.1 Å². The molecule has 0 fully saturated rings. The molecule has 1 heterocycles.